The fraction of sp³-hybridized carbons (Fsp3) is 0.375. The molecule has 41 heavy (non-hydrogen) atoms. The van der Waals surface area contributed by atoms with E-state index in [0.29, 0.717) is 0 Å². The molecule has 0 saturated carbocycles. The molecular formula is C32H35IS8. The van der Waals surface area contributed by atoms with E-state index in [9.17, 15) is 0 Å². The third kappa shape index (κ3) is 8.81. The quantitative estimate of drug-likeness (QED) is 0.239. The summed E-state index contributed by atoms with van der Waals surface area (Å²) < 4.78 is 10.4. The first-order chi connectivity index (χ1) is 20.0. The molecule has 2 aliphatic heterocycles. The van der Waals surface area contributed by atoms with Crippen molar-refractivity contribution in [2.45, 2.75) is 53.4 Å². The molecule has 0 nitrogen and oxygen atoms in total. The molecule has 8 rings (SSSR count). The molecule has 0 spiro atoms. The van der Waals surface area contributed by atoms with Crippen molar-refractivity contribution < 1.29 is 0 Å². The van der Waals surface area contributed by atoms with Gasteiger partial charge in [0.1, 0.15) is 0 Å². The molecule has 4 bridgehead atoms. The van der Waals surface area contributed by atoms with E-state index in [1.165, 1.54) is 51.2 Å². The molecule has 218 valence electrons. The van der Waals surface area contributed by atoms with Gasteiger partial charge in [0.15, 0.2) is 0 Å². The summed E-state index contributed by atoms with van der Waals surface area (Å²) in [5.74, 6) is 4.51. The normalized spacial score (nSPS) is 18.0. The van der Waals surface area contributed by atoms with Gasteiger partial charge in [0.05, 0.1) is 25.4 Å². The van der Waals surface area contributed by atoms with Crippen LogP contribution in [0.5, 0.6) is 0 Å². The molecule has 9 heteroatoms. The summed E-state index contributed by atoms with van der Waals surface area (Å²) in [6.07, 6.45) is 4.06. The standard InChI is InChI=1S/C32H35IS8/c1-5-34-29-30(35-6-2)39-27(38-29)24-15-20-9-11-21(12-10-20)16-25(19-23-14-13-22(17-24)18-26(23)33)28-40-31(36-7-3)32(41-28)37-8-4/h9-14,18H,5-8,15-17,19H2,1-4H3. The number of thioether (sulfide) groups is 8. The Labute approximate surface area is 294 Å². The van der Waals surface area contributed by atoms with E-state index in [2.05, 4.69) is 92.8 Å². The third-order valence-corrected chi connectivity index (χ3v) is 18.5. The smallest absolute Gasteiger partial charge is 0.0659 e. The maximum atomic E-state index is 2.59. The largest absolute Gasteiger partial charge is 0.118 e. The number of rotatable bonds is 8. The second kappa shape index (κ2) is 16.5. The first kappa shape index (κ1) is 33.3. The lowest BCUT2D eigenvalue weighted by Crippen LogP contribution is -2.04. The molecule has 2 aromatic rings. The lowest BCUT2D eigenvalue weighted by Gasteiger charge is -2.17. The molecule has 2 aromatic carbocycles. The molecule has 4 aliphatic carbocycles. The minimum Gasteiger partial charge on any atom is -0.118 e. The molecule has 0 N–H and O–H groups in total. The first-order valence-corrected chi connectivity index (χ1v) is 22.3. The molecule has 0 atom stereocenters. The predicted molar refractivity (Wildman–Crippen MR) is 211 cm³/mol. The number of hydrogen-bond acceptors (Lipinski definition) is 8. The maximum Gasteiger partial charge on any atom is 0.0659 e. The Morgan fingerprint density at radius 2 is 0.902 bits per heavy atom. The Bertz CT molecular complexity index is 1350. The van der Waals surface area contributed by atoms with Gasteiger partial charge in [-0.1, -0.05) is 111 Å². The van der Waals surface area contributed by atoms with E-state index < -0.39 is 0 Å². The number of allylic oxidation sites excluding steroid dienone is 2. The summed E-state index contributed by atoms with van der Waals surface area (Å²) in [7, 11) is 0. The van der Waals surface area contributed by atoms with Gasteiger partial charge >= 0.3 is 0 Å². The van der Waals surface area contributed by atoms with Crippen LogP contribution in [0.4, 0.5) is 0 Å². The highest BCUT2D eigenvalue weighted by Crippen LogP contribution is 2.59. The summed E-state index contributed by atoms with van der Waals surface area (Å²) in [4.78, 5) is 0. The minimum atomic E-state index is 1.01. The average Bonchev–Trinajstić information content (AvgIpc) is 3.55. The van der Waals surface area contributed by atoms with Crippen molar-refractivity contribution in [1.29, 1.82) is 0 Å². The second-order valence-electron chi connectivity index (χ2n) is 9.52. The van der Waals surface area contributed by atoms with E-state index in [1.807, 2.05) is 94.1 Å². The average molecular weight is 803 g/mol. The van der Waals surface area contributed by atoms with Crippen LogP contribution >= 0.6 is 117 Å². The fourth-order valence-corrected chi connectivity index (χ4v) is 16.9. The van der Waals surface area contributed by atoms with Crippen molar-refractivity contribution >= 4 is 117 Å². The van der Waals surface area contributed by atoms with E-state index >= 15 is 0 Å². The van der Waals surface area contributed by atoms with Gasteiger partial charge in [-0.2, -0.15) is 0 Å². The van der Waals surface area contributed by atoms with Gasteiger partial charge in [-0.3, -0.25) is 0 Å². The number of benzene rings is 2. The van der Waals surface area contributed by atoms with Gasteiger partial charge in [0.25, 0.3) is 0 Å². The van der Waals surface area contributed by atoms with Crippen LogP contribution in [0.2, 0.25) is 0 Å². The SMILES string of the molecule is CCSC1=C(SCC)SC(=C2Cc3ccc(cc3)CC(=C3SC(SCC)=C(SCC)S3)Cc3ccc(cc3I)C2)S1. The zero-order valence-corrected chi connectivity index (χ0v) is 32.5. The van der Waals surface area contributed by atoms with E-state index in [0.717, 1.165) is 48.7 Å². The Balaban J connectivity index is 1.49. The minimum absolute atomic E-state index is 1.01. The molecule has 0 aromatic heterocycles. The molecule has 6 aliphatic rings. The Hall–Kier alpha value is 0.930. The number of hydrogen-bond donors (Lipinski definition) is 0. The molecule has 0 unspecified atom stereocenters. The van der Waals surface area contributed by atoms with Crippen LogP contribution in [0.3, 0.4) is 0 Å². The third-order valence-electron chi connectivity index (χ3n) is 6.55. The van der Waals surface area contributed by atoms with Crippen LogP contribution in [-0.4, -0.2) is 23.0 Å². The lowest BCUT2D eigenvalue weighted by molar-refractivity contribution is 0.997. The van der Waals surface area contributed by atoms with E-state index in [-0.39, 0.29) is 0 Å². The van der Waals surface area contributed by atoms with Crippen molar-refractivity contribution in [2.75, 3.05) is 23.0 Å². The van der Waals surface area contributed by atoms with Crippen molar-refractivity contribution in [3.05, 3.63) is 105 Å². The van der Waals surface area contributed by atoms with Crippen LogP contribution in [0.15, 0.2) is 79.0 Å². The highest BCUT2D eigenvalue weighted by Gasteiger charge is 2.27. The van der Waals surface area contributed by atoms with E-state index in [4.69, 9.17) is 0 Å². The highest BCUT2D eigenvalue weighted by molar-refractivity contribution is 14.1. The molecule has 0 saturated heterocycles. The maximum absolute atomic E-state index is 2.59. The van der Waals surface area contributed by atoms with Gasteiger partial charge < -0.3 is 0 Å². The van der Waals surface area contributed by atoms with Gasteiger partial charge in [-0.15, -0.1) is 47.0 Å². The van der Waals surface area contributed by atoms with Crippen molar-refractivity contribution in [3.63, 3.8) is 0 Å². The van der Waals surface area contributed by atoms with E-state index in [1.54, 1.807) is 11.1 Å². The molecule has 2 heterocycles. The Morgan fingerprint density at radius 3 is 1.29 bits per heavy atom. The van der Waals surface area contributed by atoms with Gasteiger partial charge in [-0.25, -0.2) is 0 Å². The van der Waals surface area contributed by atoms with Crippen LogP contribution in [0, 0.1) is 3.57 Å². The fourth-order valence-electron chi connectivity index (χ4n) is 4.71. The summed E-state index contributed by atoms with van der Waals surface area (Å²) in [5, 5.41) is 0. The summed E-state index contributed by atoms with van der Waals surface area (Å²) in [6.45, 7) is 9.07. The topological polar surface area (TPSA) is 0 Å². The monoisotopic (exact) mass is 802 g/mol. The van der Waals surface area contributed by atoms with Gasteiger partial charge in [0, 0.05) is 3.57 Å². The zero-order chi connectivity index (χ0) is 28.8. The van der Waals surface area contributed by atoms with Crippen LogP contribution in [0.25, 0.3) is 0 Å². The van der Waals surface area contributed by atoms with Gasteiger partial charge in [-0.05, 0) is 111 Å². The van der Waals surface area contributed by atoms with Gasteiger partial charge in [0.2, 0.25) is 0 Å². The predicted octanol–water partition coefficient (Wildman–Crippen LogP) is 12.8. The van der Waals surface area contributed by atoms with Crippen LogP contribution in [-0.2, 0) is 25.7 Å². The second-order valence-corrected chi connectivity index (χ2v) is 21.4. The summed E-state index contributed by atoms with van der Waals surface area (Å²) in [5.41, 5.74) is 8.85. The summed E-state index contributed by atoms with van der Waals surface area (Å²) >= 11 is 18.7. The molecule has 0 radical (unpaired) electrons. The first-order valence-electron chi connectivity index (χ1n) is 14.0. The lowest BCUT2D eigenvalue weighted by atomic mass is 9.94. The summed E-state index contributed by atoms with van der Waals surface area (Å²) in [6, 6.07) is 16.8. The van der Waals surface area contributed by atoms with Crippen molar-refractivity contribution in [1.82, 2.24) is 0 Å². The van der Waals surface area contributed by atoms with Crippen molar-refractivity contribution in [2.24, 2.45) is 0 Å². The molecular weight excluding hydrogens is 768 g/mol. The zero-order valence-electron chi connectivity index (χ0n) is 23.8. The Morgan fingerprint density at radius 1 is 0.537 bits per heavy atom. The number of halogens is 1. The van der Waals surface area contributed by atoms with Crippen molar-refractivity contribution in [3.8, 4) is 0 Å². The molecule has 0 amide bonds. The highest BCUT2D eigenvalue weighted by atomic mass is 127. The van der Waals surface area contributed by atoms with Crippen LogP contribution < -0.4 is 0 Å². The van der Waals surface area contributed by atoms with Crippen LogP contribution in [0.1, 0.15) is 49.9 Å². The molecule has 0 fully saturated rings. The Kier molecular flexibility index (Phi) is 13.4.